The molecule has 90 valence electrons. The first-order valence-electron chi connectivity index (χ1n) is 5.76. The van der Waals surface area contributed by atoms with Crippen LogP contribution in [0.2, 0.25) is 0 Å². The highest BCUT2D eigenvalue weighted by Crippen LogP contribution is 2.46. The largest absolute Gasteiger partial charge is 0.481 e. The minimum Gasteiger partial charge on any atom is -0.481 e. The van der Waals surface area contributed by atoms with Crippen molar-refractivity contribution in [3.8, 4) is 0 Å². The van der Waals surface area contributed by atoms with Crippen molar-refractivity contribution in [2.45, 2.75) is 44.1 Å². The second kappa shape index (κ2) is 3.73. The summed E-state index contributed by atoms with van der Waals surface area (Å²) in [4.78, 5) is 22.7. The zero-order chi connectivity index (χ0) is 11.8. The molecule has 2 aliphatic rings. The molecule has 16 heavy (non-hydrogen) atoms. The Morgan fingerprint density at radius 3 is 2.19 bits per heavy atom. The topological polar surface area (TPSA) is 92.4 Å². The minimum atomic E-state index is -0.849. The average Bonchev–Trinajstić information content (AvgIpc) is 2.94. The predicted octanol–water partition coefficient (Wildman–Crippen LogP) is 0.239. The van der Waals surface area contributed by atoms with E-state index in [0.717, 1.165) is 32.1 Å². The molecule has 4 N–H and O–H groups in total. The molecule has 0 aliphatic heterocycles. The summed E-state index contributed by atoms with van der Waals surface area (Å²) >= 11 is 0. The smallest absolute Gasteiger partial charge is 0.305 e. The van der Waals surface area contributed by atoms with Crippen LogP contribution in [-0.2, 0) is 9.59 Å². The molecule has 0 aromatic rings. The molecular weight excluding hydrogens is 208 g/mol. The van der Waals surface area contributed by atoms with E-state index in [2.05, 4.69) is 5.32 Å². The number of aliphatic carboxylic acids is 1. The molecule has 0 bridgehead atoms. The first-order chi connectivity index (χ1) is 7.52. The third-order valence-corrected chi connectivity index (χ3v) is 3.90. The predicted molar refractivity (Wildman–Crippen MR) is 57.7 cm³/mol. The summed E-state index contributed by atoms with van der Waals surface area (Å²) in [6.07, 6.45) is 4.22. The molecule has 0 saturated heterocycles. The van der Waals surface area contributed by atoms with Gasteiger partial charge in [-0.1, -0.05) is 0 Å². The summed E-state index contributed by atoms with van der Waals surface area (Å²) in [5, 5.41) is 11.7. The van der Waals surface area contributed by atoms with Gasteiger partial charge in [-0.15, -0.1) is 0 Å². The number of rotatable bonds is 5. The summed E-state index contributed by atoms with van der Waals surface area (Å²) < 4.78 is 0. The number of nitrogens with one attached hydrogen (secondary N) is 1. The number of carboxylic acid groups (broad SMARTS) is 1. The molecule has 2 aliphatic carbocycles. The number of carbonyl (C=O) groups excluding carboxylic acids is 1. The van der Waals surface area contributed by atoms with E-state index < -0.39 is 11.5 Å². The molecule has 2 saturated carbocycles. The molecule has 0 aromatic carbocycles. The third kappa shape index (κ3) is 1.91. The fourth-order valence-corrected chi connectivity index (χ4v) is 2.29. The van der Waals surface area contributed by atoms with Crippen LogP contribution in [0.3, 0.4) is 0 Å². The first-order valence-corrected chi connectivity index (χ1v) is 5.76. The Balaban J connectivity index is 1.96. The monoisotopic (exact) mass is 226 g/mol. The molecule has 0 radical (unpaired) electrons. The molecule has 0 aromatic heterocycles. The molecule has 0 atom stereocenters. The van der Waals surface area contributed by atoms with Crippen molar-refractivity contribution in [2.75, 3.05) is 6.54 Å². The highest BCUT2D eigenvalue weighted by Gasteiger charge is 2.51. The summed E-state index contributed by atoms with van der Waals surface area (Å²) in [5.41, 5.74) is 4.69. The van der Waals surface area contributed by atoms with Crippen LogP contribution >= 0.6 is 0 Å². The van der Waals surface area contributed by atoms with Crippen LogP contribution in [0.5, 0.6) is 0 Å². The van der Waals surface area contributed by atoms with Gasteiger partial charge < -0.3 is 16.2 Å². The number of nitrogens with two attached hydrogens (primary N) is 1. The Hall–Kier alpha value is -1.10. The van der Waals surface area contributed by atoms with E-state index in [1.807, 2.05) is 0 Å². The highest BCUT2D eigenvalue weighted by atomic mass is 16.4. The Morgan fingerprint density at radius 2 is 1.88 bits per heavy atom. The number of amides is 1. The Bertz CT molecular complexity index is 319. The van der Waals surface area contributed by atoms with Crippen molar-refractivity contribution in [2.24, 2.45) is 11.1 Å². The van der Waals surface area contributed by atoms with E-state index >= 15 is 0 Å². The number of carbonyl (C=O) groups is 2. The van der Waals surface area contributed by atoms with Crippen LogP contribution in [0.25, 0.3) is 0 Å². The van der Waals surface area contributed by atoms with E-state index in [0.29, 0.717) is 6.54 Å². The van der Waals surface area contributed by atoms with Crippen LogP contribution in [0, 0.1) is 5.41 Å². The number of hydrogen-bond donors (Lipinski definition) is 3. The van der Waals surface area contributed by atoms with Gasteiger partial charge in [-0.2, -0.15) is 0 Å². The molecule has 0 unspecified atom stereocenters. The Kier molecular flexibility index (Phi) is 2.66. The van der Waals surface area contributed by atoms with E-state index in [9.17, 15) is 9.59 Å². The van der Waals surface area contributed by atoms with Gasteiger partial charge in [-0.25, -0.2) is 0 Å². The minimum absolute atomic E-state index is 0.0272. The fraction of sp³-hybridized carbons (Fsp3) is 0.818. The zero-order valence-corrected chi connectivity index (χ0v) is 9.29. The maximum Gasteiger partial charge on any atom is 0.305 e. The van der Waals surface area contributed by atoms with E-state index in [1.54, 1.807) is 0 Å². The van der Waals surface area contributed by atoms with Crippen LogP contribution in [0.4, 0.5) is 0 Å². The average molecular weight is 226 g/mol. The van der Waals surface area contributed by atoms with Crippen molar-refractivity contribution < 1.29 is 14.7 Å². The van der Waals surface area contributed by atoms with Gasteiger partial charge >= 0.3 is 5.97 Å². The van der Waals surface area contributed by atoms with Gasteiger partial charge in [0.05, 0.1) is 17.4 Å². The van der Waals surface area contributed by atoms with E-state index in [1.165, 1.54) is 0 Å². The molecule has 0 heterocycles. The maximum atomic E-state index is 12.0. The quantitative estimate of drug-likeness (QED) is 0.626. The lowest BCUT2D eigenvalue weighted by Crippen LogP contribution is -2.57. The fourth-order valence-electron chi connectivity index (χ4n) is 2.29. The van der Waals surface area contributed by atoms with Gasteiger partial charge in [-0.3, -0.25) is 9.59 Å². The lowest BCUT2D eigenvalue weighted by Gasteiger charge is -2.42. The SMILES string of the molecule is NCC1(C(=O)NC2(CC(=O)O)CCC2)CC1. The van der Waals surface area contributed by atoms with Gasteiger partial charge in [0.1, 0.15) is 0 Å². The van der Waals surface area contributed by atoms with Crippen molar-refractivity contribution in [3.05, 3.63) is 0 Å². The Labute approximate surface area is 94.4 Å². The number of carboxylic acids is 1. The lowest BCUT2D eigenvalue weighted by molar-refractivity contribution is -0.141. The summed E-state index contributed by atoms with van der Waals surface area (Å²) in [5.74, 6) is -0.895. The van der Waals surface area contributed by atoms with Crippen molar-refractivity contribution in [3.63, 3.8) is 0 Å². The highest BCUT2D eigenvalue weighted by molar-refractivity contribution is 5.87. The second-order valence-electron chi connectivity index (χ2n) is 5.14. The second-order valence-corrected chi connectivity index (χ2v) is 5.14. The van der Waals surface area contributed by atoms with Crippen molar-refractivity contribution in [1.82, 2.24) is 5.32 Å². The van der Waals surface area contributed by atoms with E-state index in [-0.39, 0.29) is 17.7 Å². The van der Waals surface area contributed by atoms with Crippen molar-refractivity contribution >= 4 is 11.9 Å². The number of hydrogen-bond acceptors (Lipinski definition) is 3. The molecule has 2 fully saturated rings. The standard InChI is InChI=1S/C11H18N2O3/c12-7-10(4-5-10)9(16)13-11(2-1-3-11)6-8(14)15/h1-7,12H2,(H,13,16)(H,14,15). The summed E-state index contributed by atoms with van der Waals surface area (Å²) in [6.45, 7) is 0.363. The Morgan fingerprint density at radius 1 is 1.25 bits per heavy atom. The summed E-state index contributed by atoms with van der Waals surface area (Å²) in [7, 11) is 0. The summed E-state index contributed by atoms with van der Waals surface area (Å²) in [6, 6.07) is 0. The van der Waals surface area contributed by atoms with Crippen molar-refractivity contribution in [1.29, 1.82) is 0 Å². The van der Waals surface area contributed by atoms with Gasteiger partial charge in [0.15, 0.2) is 0 Å². The molecule has 0 spiro atoms. The lowest BCUT2D eigenvalue weighted by atomic mass is 9.74. The normalized spacial score (nSPS) is 24.3. The maximum absolute atomic E-state index is 12.0. The van der Waals surface area contributed by atoms with Gasteiger partial charge in [0.25, 0.3) is 0 Å². The van der Waals surface area contributed by atoms with Crippen LogP contribution in [-0.4, -0.2) is 29.1 Å². The molecular formula is C11H18N2O3. The molecule has 2 rings (SSSR count). The third-order valence-electron chi connectivity index (χ3n) is 3.90. The molecule has 1 amide bonds. The molecule has 5 heteroatoms. The zero-order valence-electron chi connectivity index (χ0n) is 9.29. The van der Waals surface area contributed by atoms with Crippen LogP contribution in [0.1, 0.15) is 38.5 Å². The van der Waals surface area contributed by atoms with Crippen LogP contribution < -0.4 is 11.1 Å². The molecule has 5 nitrogen and oxygen atoms in total. The first kappa shape index (κ1) is 11.4. The van der Waals surface area contributed by atoms with Gasteiger partial charge in [0.2, 0.25) is 5.91 Å². The van der Waals surface area contributed by atoms with Gasteiger partial charge in [-0.05, 0) is 32.1 Å². The van der Waals surface area contributed by atoms with E-state index in [4.69, 9.17) is 10.8 Å². The van der Waals surface area contributed by atoms with Crippen LogP contribution in [0.15, 0.2) is 0 Å². The van der Waals surface area contributed by atoms with Gasteiger partial charge in [0, 0.05) is 6.54 Å².